The van der Waals surface area contributed by atoms with E-state index in [1.807, 2.05) is 12.4 Å². The molecule has 1 saturated heterocycles. The molecule has 1 fully saturated rings. The van der Waals surface area contributed by atoms with E-state index in [4.69, 9.17) is 4.74 Å². The highest BCUT2D eigenvalue weighted by atomic mass is 16.5. The van der Waals surface area contributed by atoms with Gasteiger partial charge in [0.05, 0.1) is 6.10 Å². The van der Waals surface area contributed by atoms with Crippen LogP contribution in [0.5, 0.6) is 0 Å². The van der Waals surface area contributed by atoms with Crippen LogP contribution in [0.1, 0.15) is 32.0 Å². The Morgan fingerprint density at radius 2 is 2.56 bits per heavy atom. The first kappa shape index (κ1) is 11.6. The summed E-state index contributed by atoms with van der Waals surface area (Å²) < 4.78 is 5.52. The molecular weight excluding hydrogens is 202 g/mol. The third-order valence-electron chi connectivity index (χ3n) is 3.06. The van der Waals surface area contributed by atoms with E-state index in [9.17, 15) is 0 Å². The van der Waals surface area contributed by atoms with E-state index < -0.39 is 0 Å². The maximum Gasteiger partial charge on any atom is 0.106 e. The molecule has 16 heavy (non-hydrogen) atoms. The van der Waals surface area contributed by atoms with Crippen molar-refractivity contribution in [3.8, 4) is 0 Å². The van der Waals surface area contributed by atoms with Gasteiger partial charge in [-0.1, -0.05) is 0 Å². The van der Waals surface area contributed by atoms with Crippen molar-refractivity contribution in [2.75, 3.05) is 13.2 Å². The summed E-state index contributed by atoms with van der Waals surface area (Å²) in [6, 6.07) is 0.639. The summed E-state index contributed by atoms with van der Waals surface area (Å²) in [7, 11) is 0. The minimum atomic E-state index is 0.413. The van der Waals surface area contributed by atoms with Crippen molar-refractivity contribution in [1.29, 1.82) is 0 Å². The smallest absolute Gasteiger partial charge is 0.106 e. The highest BCUT2D eigenvalue weighted by molar-refractivity contribution is 4.87. The third kappa shape index (κ3) is 3.61. The number of nitrogens with zero attached hydrogens (tertiary/aromatic N) is 1. The van der Waals surface area contributed by atoms with Gasteiger partial charge in [-0.3, -0.25) is 0 Å². The van der Waals surface area contributed by atoms with Gasteiger partial charge in [0, 0.05) is 31.5 Å². The molecule has 2 unspecified atom stereocenters. The van der Waals surface area contributed by atoms with Gasteiger partial charge in [-0.2, -0.15) is 0 Å². The highest BCUT2D eigenvalue weighted by Gasteiger charge is 2.18. The summed E-state index contributed by atoms with van der Waals surface area (Å²) in [6.45, 7) is 4.12. The molecule has 0 amide bonds. The number of aryl methyl sites for hydroxylation is 1. The van der Waals surface area contributed by atoms with E-state index in [0.29, 0.717) is 12.1 Å². The molecule has 1 aliphatic heterocycles. The lowest BCUT2D eigenvalue weighted by atomic mass is 10.0. The molecule has 1 aromatic rings. The van der Waals surface area contributed by atoms with Crippen molar-refractivity contribution in [2.45, 2.75) is 44.8 Å². The normalized spacial score (nSPS) is 25.8. The van der Waals surface area contributed by atoms with Gasteiger partial charge in [0.15, 0.2) is 0 Å². The van der Waals surface area contributed by atoms with E-state index in [1.54, 1.807) is 0 Å². The third-order valence-corrected chi connectivity index (χ3v) is 3.06. The van der Waals surface area contributed by atoms with Crippen molar-refractivity contribution in [2.24, 2.45) is 0 Å². The van der Waals surface area contributed by atoms with Crippen LogP contribution in [-0.4, -0.2) is 35.3 Å². The molecule has 4 nitrogen and oxygen atoms in total. The zero-order valence-electron chi connectivity index (χ0n) is 9.91. The number of nitrogens with one attached hydrogen (secondary N) is 2. The number of imidazole rings is 1. The number of H-pyrrole nitrogens is 1. The lowest BCUT2D eigenvalue weighted by Gasteiger charge is -2.28. The van der Waals surface area contributed by atoms with Crippen molar-refractivity contribution in [3.05, 3.63) is 18.2 Å². The number of ether oxygens (including phenoxy) is 1. The Kier molecular flexibility index (Phi) is 4.36. The standard InChI is InChI=1S/C12H21N3O/c1-10-9-11(4-8-16-10)13-5-2-3-12-14-6-7-15-12/h6-7,10-11,13H,2-5,8-9H2,1H3,(H,14,15). The Hall–Kier alpha value is -0.870. The molecule has 0 radical (unpaired) electrons. The van der Waals surface area contributed by atoms with Gasteiger partial charge >= 0.3 is 0 Å². The second kappa shape index (κ2) is 6.01. The second-order valence-electron chi connectivity index (χ2n) is 4.50. The number of hydrogen-bond acceptors (Lipinski definition) is 3. The lowest BCUT2D eigenvalue weighted by molar-refractivity contribution is 0.0134. The van der Waals surface area contributed by atoms with Gasteiger partial charge in [0.25, 0.3) is 0 Å². The summed E-state index contributed by atoms with van der Waals surface area (Å²) in [5, 5.41) is 3.59. The van der Waals surface area contributed by atoms with Crippen LogP contribution in [0.25, 0.3) is 0 Å². The maximum absolute atomic E-state index is 5.52. The van der Waals surface area contributed by atoms with Crippen molar-refractivity contribution in [1.82, 2.24) is 15.3 Å². The summed E-state index contributed by atoms with van der Waals surface area (Å²) in [6.07, 6.45) is 8.55. The Morgan fingerprint density at radius 3 is 3.31 bits per heavy atom. The average Bonchev–Trinajstić information content (AvgIpc) is 2.77. The van der Waals surface area contributed by atoms with Crippen LogP contribution in [0.3, 0.4) is 0 Å². The summed E-state index contributed by atoms with van der Waals surface area (Å²) in [5.74, 6) is 1.09. The Labute approximate surface area is 96.8 Å². The van der Waals surface area contributed by atoms with Gasteiger partial charge in [-0.05, 0) is 32.7 Å². The van der Waals surface area contributed by atoms with Gasteiger partial charge in [-0.15, -0.1) is 0 Å². The van der Waals surface area contributed by atoms with E-state index in [2.05, 4.69) is 22.2 Å². The first-order chi connectivity index (χ1) is 7.84. The van der Waals surface area contributed by atoms with Crippen LogP contribution in [0.4, 0.5) is 0 Å². The van der Waals surface area contributed by atoms with Crippen LogP contribution >= 0.6 is 0 Å². The monoisotopic (exact) mass is 223 g/mol. The molecule has 90 valence electrons. The molecule has 0 aliphatic carbocycles. The van der Waals surface area contributed by atoms with Crippen molar-refractivity contribution >= 4 is 0 Å². The fourth-order valence-electron chi connectivity index (χ4n) is 2.18. The van der Waals surface area contributed by atoms with Crippen LogP contribution in [-0.2, 0) is 11.2 Å². The molecule has 1 aromatic heterocycles. The van der Waals surface area contributed by atoms with E-state index in [1.165, 1.54) is 0 Å². The number of aromatic nitrogens is 2. The Morgan fingerprint density at radius 1 is 1.62 bits per heavy atom. The SMILES string of the molecule is CC1CC(NCCCc2ncc[nH]2)CCO1. The molecule has 1 aliphatic rings. The van der Waals surface area contributed by atoms with E-state index >= 15 is 0 Å². The van der Waals surface area contributed by atoms with Gasteiger partial charge < -0.3 is 15.0 Å². The van der Waals surface area contributed by atoms with Gasteiger partial charge in [0.1, 0.15) is 5.82 Å². The van der Waals surface area contributed by atoms with Crippen molar-refractivity contribution in [3.63, 3.8) is 0 Å². The number of aromatic amines is 1. The Balaban J connectivity index is 1.57. The molecule has 2 rings (SSSR count). The predicted octanol–water partition coefficient (Wildman–Crippen LogP) is 1.50. The fourth-order valence-corrected chi connectivity index (χ4v) is 2.18. The first-order valence-corrected chi connectivity index (χ1v) is 6.18. The van der Waals surface area contributed by atoms with E-state index in [0.717, 1.165) is 44.7 Å². The number of rotatable bonds is 5. The zero-order chi connectivity index (χ0) is 11.2. The van der Waals surface area contributed by atoms with Crippen molar-refractivity contribution < 1.29 is 4.74 Å². The minimum Gasteiger partial charge on any atom is -0.378 e. The van der Waals surface area contributed by atoms with Crippen LogP contribution < -0.4 is 5.32 Å². The van der Waals surface area contributed by atoms with Gasteiger partial charge in [0.2, 0.25) is 0 Å². The molecule has 0 spiro atoms. The topological polar surface area (TPSA) is 49.9 Å². The fraction of sp³-hybridized carbons (Fsp3) is 0.750. The minimum absolute atomic E-state index is 0.413. The van der Waals surface area contributed by atoms with E-state index in [-0.39, 0.29) is 0 Å². The van der Waals surface area contributed by atoms with Crippen LogP contribution in [0.15, 0.2) is 12.4 Å². The molecule has 4 heteroatoms. The second-order valence-corrected chi connectivity index (χ2v) is 4.50. The predicted molar refractivity (Wildman–Crippen MR) is 63.3 cm³/mol. The summed E-state index contributed by atoms with van der Waals surface area (Å²) >= 11 is 0. The summed E-state index contributed by atoms with van der Waals surface area (Å²) in [4.78, 5) is 7.33. The molecule has 2 N–H and O–H groups in total. The molecule has 2 atom stereocenters. The first-order valence-electron chi connectivity index (χ1n) is 6.18. The average molecular weight is 223 g/mol. The van der Waals surface area contributed by atoms with Gasteiger partial charge in [-0.25, -0.2) is 4.98 Å². The van der Waals surface area contributed by atoms with Crippen LogP contribution in [0.2, 0.25) is 0 Å². The largest absolute Gasteiger partial charge is 0.378 e. The maximum atomic E-state index is 5.52. The molecule has 0 aromatic carbocycles. The zero-order valence-corrected chi connectivity index (χ0v) is 9.91. The molecule has 0 bridgehead atoms. The Bertz CT molecular complexity index is 286. The van der Waals surface area contributed by atoms with Crippen LogP contribution in [0, 0.1) is 0 Å². The quantitative estimate of drug-likeness (QED) is 0.744. The lowest BCUT2D eigenvalue weighted by Crippen LogP contribution is -2.38. The number of hydrogen-bond donors (Lipinski definition) is 2. The molecular formula is C12H21N3O. The highest BCUT2D eigenvalue weighted by Crippen LogP contribution is 2.12. The molecule has 0 saturated carbocycles. The molecule has 2 heterocycles. The summed E-state index contributed by atoms with van der Waals surface area (Å²) in [5.41, 5.74) is 0.